The summed E-state index contributed by atoms with van der Waals surface area (Å²) in [6.07, 6.45) is 10.1. The van der Waals surface area contributed by atoms with E-state index in [0.29, 0.717) is 44.9 Å². The highest BCUT2D eigenvalue weighted by molar-refractivity contribution is 7.90. The summed E-state index contributed by atoms with van der Waals surface area (Å²) in [5.74, 6) is 7.17. The van der Waals surface area contributed by atoms with Gasteiger partial charge >= 0.3 is 0 Å². The zero-order chi connectivity index (χ0) is 39.1. The summed E-state index contributed by atoms with van der Waals surface area (Å²) in [6.45, 7) is 17.2. The van der Waals surface area contributed by atoms with Gasteiger partial charge in [0.25, 0.3) is 5.91 Å². The van der Waals surface area contributed by atoms with Crippen molar-refractivity contribution in [1.82, 2.24) is 4.72 Å². The number of fused-ring (bicyclic) bond motifs is 4. The van der Waals surface area contributed by atoms with Crippen LogP contribution in [0.3, 0.4) is 0 Å². The minimum atomic E-state index is -3.98. The summed E-state index contributed by atoms with van der Waals surface area (Å²) >= 11 is 6.49. The van der Waals surface area contributed by atoms with Gasteiger partial charge in [-0.2, -0.15) is 0 Å². The van der Waals surface area contributed by atoms with E-state index in [-0.39, 0.29) is 33.8 Å². The van der Waals surface area contributed by atoms with E-state index < -0.39 is 35.1 Å². The van der Waals surface area contributed by atoms with E-state index in [9.17, 15) is 13.2 Å². The molecule has 2 bridgehead atoms. The predicted octanol–water partition coefficient (Wildman–Crippen LogP) is 8.68. The van der Waals surface area contributed by atoms with E-state index in [4.69, 9.17) is 25.5 Å². The molecule has 1 N–H and O–H groups in total. The van der Waals surface area contributed by atoms with Crippen molar-refractivity contribution in [3.8, 4) is 17.6 Å². The Hall–Kier alpha value is -2.81. The Morgan fingerprint density at radius 1 is 1.13 bits per heavy atom. The first-order chi connectivity index (χ1) is 25.4. The lowest BCUT2D eigenvalue weighted by atomic mass is 9.64. The second-order valence-corrected chi connectivity index (χ2v) is 25.0. The Kier molecular flexibility index (Phi) is 11.8. The number of allylic oxidation sites excluding steroid dienone is 1. The zero-order valence-corrected chi connectivity index (χ0v) is 36.0. The number of nitrogens with zero attached hydrogens (tertiary/aromatic N) is 1. The van der Waals surface area contributed by atoms with Gasteiger partial charge in [0.1, 0.15) is 11.4 Å². The van der Waals surface area contributed by atoms with Crippen LogP contribution < -0.4 is 14.4 Å². The molecule has 0 unspecified atom stereocenters. The maximum absolute atomic E-state index is 13.6. The van der Waals surface area contributed by atoms with Crippen LogP contribution in [0.5, 0.6) is 5.75 Å². The summed E-state index contributed by atoms with van der Waals surface area (Å²) in [6, 6.07) is 11.5. The van der Waals surface area contributed by atoms with E-state index in [1.54, 1.807) is 20.1 Å². The fourth-order valence-corrected chi connectivity index (χ4v) is 11.0. The molecule has 1 saturated carbocycles. The molecule has 0 radical (unpaired) electrons. The van der Waals surface area contributed by atoms with Gasteiger partial charge in [-0.1, -0.05) is 63.3 Å². The van der Waals surface area contributed by atoms with Gasteiger partial charge in [0, 0.05) is 55.1 Å². The third kappa shape index (κ3) is 8.18. The number of carbonyl (C=O) groups is 1. The average Bonchev–Trinajstić information content (AvgIpc) is 3.24. The maximum Gasteiger partial charge on any atom is 0.264 e. The van der Waals surface area contributed by atoms with E-state index in [1.807, 2.05) is 31.2 Å². The normalized spacial score (nSPS) is 30.3. The van der Waals surface area contributed by atoms with Crippen LogP contribution in [-0.2, 0) is 31.0 Å². The number of hydrogen-bond donors (Lipinski definition) is 1. The first kappa shape index (κ1) is 40.8. The van der Waals surface area contributed by atoms with Gasteiger partial charge in [-0.15, -0.1) is 0 Å². The molecule has 1 fully saturated rings. The number of carbonyl (C=O) groups excluding carboxylic acids is 1. The number of amides is 1. The molecule has 2 aromatic carbocycles. The third-order valence-electron chi connectivity index (χ3n) is 13.2. The molecule has 54 heavy (non-hydrogen) atoms. The van der Waals surface area contributed by atoms with E-state index in [1.165, 1.54) is 11.1 Å². The van der Waals surface area contributed by atoms with E-state index >= 15 is 0 Å². The van der Waals surface area contributed by atoms with Crippen LogP contribution >= 0.6 is 11.6 Å². The number of hydrogen-bond acceptors (Lipinski definition) is 7. The van der Waals surface area contributed by atoms with Crippen molar-refractivity contribution in [3.05, 3.63) is 70.3 Å². The number of ether oxygens (including phenoxy) is 2. The number of halogens is 1. The number of rotatable bonds is 4. The standard InChI is InChI=1S/C43H59ClN2O6SSi/c1-30-13-11-23-43(50-6,22-9-10-24-52-54(7,8)41(3,4)5)37-18-15-34(37)27-46-28-42(21-12-14-32-25-35(44)17-19-36(32)42)29-51-39-20-16-33(26-38(39)46)40(47)45-53(48,49)31(30)2/h11,16-17,19-20,23,25-26,30-31,34,37H,10,12-15,18,21,24,27-29H2,1-8H3,(H,45,47)/b23-11-/t30-,31+,34-,37+,42-,43-/m0/s1. The highest BCUT2D eigenvalue weighted by Crippen LogP contribution is 2.49. The number of anilines is 1. The smallest absolute Gasteiger partial charge is 0.264 e. The highest BCUT2D eigenvalue weighted by atomic mass is 35.5. The van der Waals surface area contributed by atoms with Crippen LogP contribution in [0.2, 0.25) is 23.2 Å². The van der Waals surface area contributed by atoms with Crippen LogP contribution in [0.1, 0.15) is 94.6 Å². The van der Waals surface area contributed by atoms with Crippen molar-refractivity contribution in [1.29, 1.82) is 0 Å². The molecule has 11 heteroatoms. The maximum atomic E-state index is 13.6. The Labute approximate surface area is 329 Å². The number of benzene rings is 2. The summed E-state index contributed by atoms with van der Waals surface area (Å²) in [4.78, 5) is 16.0. The van der Waals surface area contributed by atoms with Crippen LogP contribution in [-0.4, -0.2) is 66.9 Å². The van der Waals surface area contributed by atoms with E-state index in [0.717, 1.165) is 42.8 Å². The zero-order valence-electron chi connectivity index (χ0n) is 33.4. The van der Waals surface area contributed by atoms with Gasteiger partial charge in [-0.25, -0.2) is 13.1 Å². The lowest BCUT2D eigenvalue weighted by Crippen LogP contribution is -2.52. The molecule has 1 amide bonds. The SMILES string of the molecule is CO[C@@]1(C#CCCO[Si](C)(C)C(C)(C)C)/C=C\C[C@H](C)[C@@H](C)S(=O)(=O)NC(=O)c2ccc3c(c2)N(C[C@@H]2CC[C@H]21)C[C@@]1(CCCc2cc(Cl)ccc21)CO3. The molecule has 294 valence electrons. The van der Waals surface area contributed by atoms with Crippen molar-refractivity contribution in [2.45, 2.75) is 114 Å². The predicted molar refractivity (Wildman–Crippen MR) is 220 cm³/mol. The van der Waals surface area contributed by atoms with Gasteiger partial charge in [0.15, 0.2) is 8.32 Å². The van der Waals surface area contributed by atoms with Crippen molar-refractivity contribution >= 4 is 41.5 Å². The molecule has 6 rings (SSSR count). The van der Waals surface area contributed by atoms with Crippen LogP contribution in [0, 0.1) is 29.6 Å². The molecule has 2 aromatic rings. The summed E-state index contributed by atoms with van der Waals surface area (Å²) in [5.41, 5.74) is 2.44. The van der Waals surface area contributed by atoms with Crippen molar-refractivity contribution in [2.24, 2.45) is 17.8 Å². The number of sulfonamides is 1. The molecular formula is C43H59ClN2O6SSi. The van der Waals surface area contributed by atoms with Crippen LogP contribution in [0.4, 0.5) is 5.69 Å². The van der Waals surface area contributed by atoms with Crippen molar-refractivity contribution in [3.63, 3.8) is 0 Å². The van der Waals surface area contributed by atoms with Crippen LogP contribution in [0.25, 0.3) is 0 Å². The highest BCUT2D eigenvalue weighted by Gasteiger charge is 2.49. The van der Waals surface area contributed by atoms with E-state index in [2.05, 4.69) is 73.5 Å². The van der Waals surface area contributed by atoms with Gasteiger partial charge in [-0.05, 0) is 123 Å². The fourth-order valence-electron chi connectivity index (χ4n) is 8.43. The molecule has 4 aliphatic rings. The minimum absolute atomic E-state index is 0.101. The lowest BCUT2D eigenvalue weighted by molar-refractivity contribution is -0.0351. The molecule has 6 atom stereocenters. The molecule has 2 heterocycles. The first-order valence-corrected chi connectivity index (χ1v) is 24.5. The fraction of sp³-hybridized carbons (Fsp3) is 0.605. The number of nitrogens with one attached hydrogen (secondary N) is 1. The van der Waals surface area contributed by atoms with Gasteiger partial charge in [0.2, 0.25) is 10.0 Å². The average molecular weight is 796 g/mol. The minimum Gasteiger partial charge on any atom is -0.490 e. The molecule has 2 aliphatic carbocycles. The molecule has 1 spiro atoms. The summed E-state index contributed by atoms with van der Waals surface area (Å²) in [5, 5.41) is 0.0370. The van der Waals surface area contributed by atoms with Crippen molar-refractivity contribution < 1.29 is 27.1 Å². The van der Waals surface area contributed by atoms with Crippen LogP contribution in [0.15, 0.2) is 48.6 Å². The Morgan fingerprint density at radius 3 is 2.61 bits per heavy atom. The Balaban J connectivity index is 1.40. The summed E-state index contributed by atoms with van der Waals surface area (Å²) < 4.78 is 49.1. The first-order valence-electron chi connectivity index (χ1n) is 19.6. The topological polar surface area (TPSA) is 94.2 Å². The molecule has 2 aliphatic heterocycles. The molecule has 8 nitrogen and oxygen atoms in total. The number of methoxy groups -OCH3 is 1. The second kappa shape index (κ2) is 15.6. The quantitative estimate of drug-likeness (QED) is 0.143. The summed E-state index contributed by atoms with van der Waals surface area (Å²) in [7, 11) is -4.15. The molecule has 0 saturated heterocycles. The Morgan fingerprint density at radius 2 is 1.91 bits per heavy atom. The second-order valence-electron chi connectivity index (χ2n) is 17.7. The molecule has 0 aromatic heterocycles. The largest absolute Gasteiger partial charge is 0.490 e. The van der Waals surface area contributed by atoms with Gasteiger partial charge < -0.3 is 18.8 Å². The third-order valence-corrected chi connectivity index (χ3v) is 19.9. The molecular weight excluding hydrogens is 736 g/mol. The Bertz CT molecular complexity index is 1930. The monoisotopic (exact) mass is 794 g/mol. The van der Waals surface area contributed by atoms with Gasteiger partial charge in [0.05, 0.1) is 17.5 Å². The lowest BCUT2D eigenvalue weighted by Gasteiger charge is -2.48. The van der Waals surface area contributed by atoms with Crippen molar-refractivity contribution in [2.75, 3.05) is 38.3 Å². The number of aryl methyl sites for hydroxylation is 1. The van der Waals surface area contributed by atoms with Gasteiger partial charge in [-0.3, -0.25) is 4.79 Å².